The highest BCUT2D eigenvalue weighted by molar-refractivity contribution is 7.07. The van der Waals surface area contributed by atoms with Gasteiger partial charge < -0.3 is 10.1 Å². The molecule has 3 rings (SSSR count). The van der Waals surface area contributed by atoms with Crippen LogP contribution < -0.4 is 10.1 Å². The molecule has 0 fully saturated rings. The van der Waals surface area contributed by atoms with Crippen LogP contribution in [-0.4, -0.2) is 27.6 Å². The topological polar surface area (TPSA) is 77.0 Å². The minimum absolute atomic E-state index is 0.249. The molecule has 7 heteroatoms. The van der Waals surface area contributed by atoms with Crippen molar-refractivity contribution in [3.05, 3.63) is 71.0 Å². The van der Waals surface area contributed by atoms with Gasteiger partial charge in [-0.05, 0) is 29.7 Å². The Bertz CT molecular complexity index is 778. The van der Waals surface area contributed by atoms with E-state index in [1.165, 1.54) is 6.20 Å². The number of hydrogen-bond donors (Lipinski definition) is 1. The van der Waals surface area contributed by atoms with E-state index < -0.39 is 6.04 Å². The van der Waals surface area contributed by atoms with Crippen molar-refractivity contribution in [1.82, 2.24) is 19.9 Å². The second-order valence-corrected chi connectivity index (χ2v) is 5.47. The van der Waals surface area contributed by atoms with Crippen LogP contribution in [0.5, 0.6) is 5.75 Å². The van der Waals surface area contributed by atoms with Crippen LogP contribution in [0.25, 0.3) is 0 Å². The average molecular weight is 326 g/mol. The SMILES string of the molecule is COc1ccccc1[C@@H](NC(=O)c1cnns1)c1ccccn1. The van der Waals surface area contributed by atoms with Gasteiger partial charge in [0.25, 0.3) is 5.91 Å². The van der Waals surface area contributed by atoms with E-state index in [1.54, 1.807) is 13.3 Å². The minimum atomic E-state index is -0.429. The zero-order valence-corrected chi connectivity index (χ0v) is 13.2. The highest BCUT2D eigenvalue weighted by Gasteiger charge is 2.22. The molecular formula is C16H14N4O2S. The third-order valence-corrected chi connectivity index (χ3v) is 3.96. The molecule has 2 heterocycles. The van der Waals surface area contributed by atoms with Crippen LogP contribution in [0, 0.1) is 0 Å². The molecule has 0 bridgehead atoms. The molecule has 0 radical (unpaired) electrons. The first-order chi connectivity index (χ1) is 11.3. The number of amides is 1. The standard InChI is InChI=1S/C16H14N4O2S/c1-22-13-8-3-2-6-11(13)15(12-7-4-5-9-17-12)19-16(21)14-10-18-20-23-14/h2-10,15H,1H3,(H,19,21)/t15-/m1/s1. The largest absolute Gasteiger partial charge is 0.496 e. The maximum Gasteiger partial charge on any atom is 0.265 e. The van der Waals surface area contributed by atoms with E-state index in [0.29, 0.717) is 10.6 Å². The lowest BCUT2D eigenvalue weighted by Crippen LogP contribution is -2.29. The molecule has 0 aliphatic heterocycles. The number of pyridine rings is 1. The highest BCUT2D eigenvalue weighted by atomic mass is 32.1. The van der Waals surface area contributed by atoms with E-state index >= 15 is 0 Å². The number of nitrogens with one attached hydrogen (secondary N) is 1. The van der Waals surface area contributed by atoms with Crippen LogP contribution in [0.1, 0.15) is 27.0 Å². The highest BCUT2D eigenvalue weighted by Crippen LogP contribution is 2.29. The first kappa shape index (κ1) is 15.1. The summed E-state index contributed by atoms with van der Waals surface area (Å²) in [5.41, 5.74) is 1.56. The number of aromatic nitrogens is 3. The molecule has 1 aromatic carbocycles. The predicted molar refractivity (Wildman–Crippen MR) is 86.4 cm³/mol. The average Bonchev–Trinajstić information content (AvgIpc) is 3.15. The Morgan fingerprint density at radius 1 is 1.22 bits per heavy atom. The molecule has 1 N–H and O–H groups in total. The van der Waals surface area contributed by atoms with Crippen LogP contribution in [0.15, 0.2) is 54.9 Å². The lowest BCUT2D eigenvalue weighted by Gasteiger charge is -2.20. The van der Waals surface area contributed by atoms with Crippen molar-refractivity contribution in [1.29, 1.82) is 0 Å². The maximum absolute atomic E-state index is 12.4. The Morgan fingerprint density at radius 2 is 2.04 bits per heavy atom. The summed E-state index contributed by atoms with van der Waals surface area (Å²) in [7, 11) is 1.60. The van der Waals surface area contributed by atoms with E-state index in [2.05, 4.69) is 19.9 Å². The third-order valence-electron chi connectivity index (χ3n) is 3.29. The molecule has 1 amide bonds. The Balaban J connectivity index is 1.99. The summed E-state index contributed by atoms with van der Waals surface area (Å²) in [4.78, 5) is 17.2. The molecular weight excluding hydrogens is 312 g/mol. The second kappa shape index (κ2) is 6.97. The molecule has 0 aliphatic rings. The number of benzene rings is 1. The lowest BCUT2D eigenvalue weighted by atomic mass is 10.0. The number of para-hydroxylation sites is 1. The third kappa shape index (κ3) is 3.35. The van der Waals surface area contributed by atoms with Gasteiger partial charge in [0.05, 0.1) is 19.0 Å². The quantitative estimate of drug-likeness (QED) is 0.779. The van der Waals surface area contributed by atoms with Crippen LogP contribution in [-0.2, 0) is 0 Å². The molecule has 1 atom stereocenters. The summed E-state index contributed by atoms with van der Waals surface area (Å²) in [6, 6.07) is 12.7. The fraction of sp³-hybridized carbons (Fsp3) is 0.125. The van der Waals surface area contributed by atoms with Crippen molar-refractivity contribution < 1.29 is 9.53 Å². The Hall–Kier alpha value is -2.80. The summed E-state index contributed by atoms with van der Waals surface area (Å²) < 4.78 is 9.14. The predicted octanol–water partition coefficient (Wildman–Crippen LogP) is 2.46. The fourth-order valence-corrected chi connectivity index (χ4v) is 2.65. The van der Waals surface area contributed by atoms with Gasteiger partial charge in [0.15, 0.2) is 0 Å². The van der Waals surface area contributed by atoms with Crippen molar-refractivity contribution >= 4 is 17.4 Å². The van der Waals surface area contributed by atoms with E-state index in [4.69, 9.17) is 4.74 Å². The molecule has 0 spiro atoms. The van der Waals surface area contributed by atoms with Gasteiger partial charge in [-0.3, -0.25) is 9.78 Å². The van der Waals surface area contributed by atoms with E-state index in [-0.39, 0.29) is 5.91 Å². The fourth-order valence-electron chi connectivity index (χ4n) is 2.23. The number of carbonyl (C=O) groups excluding carboxylic acids is 1. The molecule has 0 aliphatic carbocycles. The van der Waals surface area contributed by atoms with Crippen LogP contribution in [0.4, 0.5) is 0 Å². The van der Waals surface area contributed by atoms with E-state index in [1.807, 2.05) is 42.5 Å². The lowest BCUT2D eigenvalue weighted by molar-refractivity contribution is 0.0946. The van der Waals surface area contributed by atoms with Gasteiger partial charge in [0.2, 0.25) is 0 Å². The normalized spacial score (nSPS) is 11.7. The van der Waals surface area contributed by atoms with Crippen molar-refractivity contribution in [2.75, 3.05) is 7.11 Å². The summed E-state index contributed by atoms with van der Waals surface area (Å²) in [5.74, 6) is 0.437. The summed E-state index contributed by atoms with van der Waals surface area (Å²) in [6.45, 7) is 0. The zero-order valence-electron chi connectivity index (χ0n) is 12.3. The number of ether oxygens (including phenoxy) is 1. The van der Waals surface area contributed by atoms with Crippen LogP contribution in [0.2, 0.25) is 0 Å². The van der Waals surface area contributed by atoms with Crippen molar-refractivity contribution in [2.45, 2.75) is 6.04 Å². The maximum atomic E-state index is 12.4. The zero-order chi connectivity index (χ0) is 16.1. The van der Waals surface area contributed by atoms with Gasteiger partial charge in [0, 0.05) is 11.8 Å². The number of carbonyl (C=O) groups is 1. The van der Waals surface area contributed by atoms with Gasteiger partial charge in [-0.15, -0.1) is 5.10 Å². The van der Waals surface area contributed by atoms with Crippen LogP contribution in [0.3, 0.4) is 0 Å². The first-order valence-corrected chi connectivity index (χ1v) is 7.69. The molecule has 6 nitrogen and oxygen atoms in total. The van der Waals surface area contributed by atoms with Gasteiger partial charge in [-0.25, -0.2) is 0 Å². The molecule has 116 valence electrons. The molecule has 0 saturated carbocycles. The van der Waals surface area contributed by atoms with Crippen LogP contribution >= 0.6 is 11.5 Å². The van der Waals surface area contributed by atoms with Gasteiger partial charge >= 0.3 is 0 Å². The minimum Gasteiger partial charge on any atom is -0.496 e. The van der Waals surface area contributed by atoms with E-state index in [9.17, 15) is 4.79 Å². The Kier molecular flexibility index (Phi) is 4.58. The van der Waals surface area contributed by atoms with Crippen molar-refractivity contribution in [3.8, 4) is 5.75 Å². The van der Waals surface area contributed by atoms with Gasteiger partial charge in [0.1, 0.15) is 16.7 Å². The van der Waals surface area contributed by atoms with Gasteiger partial charge in [-0.2, -0.15) is 0 Å². The van der Waals surface area contributed by atoms with E-state index in [0.717, 1.165) is 22.8 Å². The molecule has 3 aromatic rings. The molecule has 2 aromatic heterocycles. The smallest absolute Gasteiger partial charge is 0.265 e. The van der Waals surface area contributed by atoms with Crippen molar-refractivity contribution in [2.24, 2.45) is 0 Å². The number of rotatable bonds is 5. The summed E-state index contributed by atoms with van der Waals surface area (Å²) >= 11 is 1.05. The van der Waals surface area contributed by atoms with Crippen molar-refractivity contribution in [3.63, 3.8) is 0 Å². The Morgan fingerprint density at radius 3 is 2.74 bits per heavy atom. The first-order valence-electron chi connectivity index (χ1n) is 6.91. The number of hydrogen-bond acceptors (Lipinski definition) is 6. The van der Waals surface area contributed by atoms with Gasteiger partial charge in [-0.1, -0.05) is 28.8 Å². The number of nitrogens with zero attached hydrogens (tertiary/aromatic N) is 3. The Labute approximate surface area is 137 Å². The monoisotopic (exact) mass is 326 g/mol. The molecule has 23 heavy (non-hydrogen) atoms. The molecule has 0 saturated heterocycles. The molecule has 0 unspecified atom stereocenters. The second-order valence-electron chi connectivity index (χ2n) is 4.68. The summed E-state index contributed by atoms with van der Waals surface area (Å²) in [6.07, 6.45) is 3.13. The number of methoxy groups -OCH3 is 1. The summed E-state index contributed by atoms with van der Waals surface area (Å²) in [5, 5.41) is 6.67.